The van der Waals surface area contributed by atoms with E-state index in [9.17, 15) is 4.79 Å². The second-order valence-electron chi connectivity index (χ2n) is 7.55. The molecule has 0 amide bonds. The van der Waals surface area contributed by atoms with Crippen molar-refractivity contribution in [2.45, 2.75) is 76.9 Å². The van der Waals surface area contributed by atoms with Gasteiger partial charge in [0.05, 0.1) is 17.7 Å². The first-order valence-electron chi connectivity index (χ1n) is 8.11. The molecular weight excluding hydrogens is 318 g/mol. The standard InChI is InChI=1S/C16H30ClNO3Si/c1-7-20-15(19)9-8-12-10-13(17)14(11-12)18-21-22(5,6)16(2,3)4/h12-13H,7-11H2,1-6H3/b18-14+. The molecule has 1 fully saturated rings. The summed E-state index contributed by atoms with van der Waals surface area (Å²) < 4.78 is 10.9. The summed E-state index contributed by atoms with van der Waals surface area (Å²) in [7, 11) is -1.89. The van der Waals surface area contributed by atoms with Gasteiger partial charge in [0.2, 0.25) is 0 Å². The zero-order valence-electron chi connectivity index (χ0n) is 14.7. The second-order valence-corrected chi connectivity index (χ2v) is 12.8. The number of esters is 1. The number of hydrogen-bond donors (Lipinski definition) is 0. The van der Waals surface area contributed by atoms with Gasteiger partial charge in [0.15, 0.2) is 0 Å². The van der Waals surface area contributed by atoms with Crippen LogP contribution in [-0.4, -0.2) is 32.0 Å². The van der Waals surface area contributed by atoms with Gasteiger partial charge in [-0.25, -0.2) is 0 Å². The van der Waals surface area contributed by atoms with Crippen LogP contribution in [0.25, 0.3) is 0 Å². The molecule has 0 bridgehead atoms. The fraction of sp³-hybridized carbons (Fsp3) is 0.875. The van der Waals surface area contributed by atoms with E-state index < -0.39 is 8.32 Å². The lowest BCUT2D eigenvalue weighted by Crippen LogP contribution is -2.39. The predicted octanol–water partition coefficient (Wildman–Crippen LogP) is 4.72. The number of rotatable bonds is 6. The van der Waals surface area contributed by atoms with Gasteiger partial charge in [0, 0.05) is 6.42 Å². The molecule has 0 aromatic rings. The molecule has 0 spiro atoms. The molecule has 0 N–H and O–H groups in total. The molecule has 128 valence electrons. The van der Waals surface area contributed by atoms with Gasteiger partial charge in [0.1, 0.15) is 0 Å². The first kappa shape index (κ1) is 19.5. The lowest BCUT2D eigenvalue weighted by Gasteiger charge is -2.33. The Labute approximate surface area is 140 Å². The molecule has 0 radical (unpaired) electrons. The van der Waals surface area contributed by atoms with E-state index >= 15 is 0 Å². The average molecular weight is 348 g/mol. The Morgan fingerprint density at radius 2 is 2.05 bits per heavy atom. The molecular formula is C16H30ClNO3Si. The van der Waals surface area contributed by atoms with Crippen molar-refractivity contribution in [2.75, 3.05) is 6.61 Å². The van der Waals surface area contributed by atoms with Crippen LogP contribution in [-0.2, 0) is 14.1 Å². The van der Waals surface area contributed by atoms with Crippen molar-refractivity contribution in [3.8, 4) is 0 Å². The van der Waals surface area contributed by atoms with E-state index in [4.69, 9.17) is 20.9 Å². The Bertz CT molecular complexity index is 418. The SMILES string of the molecule is CCOC(=O)CCC1C/C(=N\O[Si](C)(C)C(C)(C)C)C(Cl)C1. The molecule has 0 aliphatic heterocycles. The first-order chi connectivity index (χ1) is 10.1. The third-order valence-corrected chi connectivity index (χ3v) is 9.25. The van der Waals surface area contributed by atoms with Crippen molar-refractivity contribution in [3.63, 3.8) is 0 Å². The van der Waals surface area contributed by atoms with E-state index in [0.29, 0.717) is 18.9 Å². The summed E-state index contributed by atoms with van der Waals surface area (Å²) >= 11 is 6.38. The van der Waals surface area contributed by atoms with E-state index in [1.54, 1.807) is 0 Å². The summed E-state index contributed by atoms with van der Waals surface area (Å²) in [6.45, 7) is 13.2. The highest BCUT2D eigenvalue weighted by atomic mass is 35.5. The topological polar surface area (TPSA) is 47.9 Å². The third kappa shape index (κ3) is 5.58. The number of oxime groups is 1. The van der Waals surface area contributed by atoms with Crippen molar-refractivity contribution in [1.29, 1.82) is 0 Å². The van der Waals surface area contributed by atoms with Crippen LogP contribution in [0.3, 0.4) is 0 Å². The molecule has 1 aliphatic carbocycles. The Balaban J connectivity index is 2.53. The van der Waals surface area contributed by atoms with Crippen molar-refractivity contribution in [1.82, 2.24) is 0 Å². The van der Waals surface area contributed by atoms with E-state index in [-0.39, 0.29) is 16.4 Å². The monoisotopic (exact) mass is 347 g/mol. The van der Waals surface area contributed by atoms with Crippen LogP contribution in [0.5, 0.6) is 0 Å². The van der Waals surface area contributed by atoms with Gasteiger partial charge < -0.3 is 9.26 Å². The molecule has 1 saturated carbocycles. The van der Waals surface area contributed by atoms with E-state index in [2.05, 4.69) is 39.0 Å². The van der Waals surface area contributed by atoms with Crippen LogP contribution in [0.4, 0.5) is 0 Å². The second kappa shape index (κ2) is 7.82. The quantitative estimate of drug-likeness (QED) is 0.302. The number of ether oxygens (including phenoxy) is 1. The summed E-state index contributed by atoms with van der Waals surface area (Å²) in [5, 5.41) is 4.44. The van der Waals surface area contributed by atoms with Crippen molar-refractivity contribution >= 4 is 31.6 Å². The minimum absolute atomic E-state index is 0.0723. The van der Waals surface area contributed by atoms with Gasteiger partial charge in [-0.1, -0.05) is 20.8 Å². The highest BCUT2D eigenvalue weighted by molar-refractivity contribution is 6.74. The molecule has 22 heavy (non-hydrogen) atoms. The van der Waals surface area contributed by atoms with Crippen LogP contribution >= 0.6 is 11.6 Å². The number of carbonyl (C=O) groups is 1. The van der Waals surface area contributed by atoms with Crippen molar-refractivity contribution in [2.24, 2.45) is 11.1 Å². The van der Waals surface area contributed by atoms with Crippen LogP contribution in [0, 0.1) is 5.92 Å². The maximum Gasteiger partial charge on any atom is 0.305 e. The van der Waals surface area contributed by atoms with Crippen LogP contribution in [0.2, 0.25) is 18.1 Å². The Morgan fingerprint density at radius 3 is 2.59 bits per heavy atom. The zero-order valence-corrected chi connectivity index (χ0v) is 16.5. The van der Waals surface area contributed by atoms with Crippen molar-refractivity contribution in [3.05, 3.63) is 0 Å². The lowest BCUT2D eigenvalue weighted by atomic mass is 10.0. The normalized spacial score (nSPS) is 24.6. The maximum absolute atomic E-state index is 11.4. The molecule has 4 nitrogen and oxygen atoms in total. The van der Waals surface area contributed by atoms with Gasteiger partial charge in [-0.05, 0) is 50.2 Å². The molecule has 0 saturated heterocycles. The summed E-state index contributed by atoms with van der Waals surface area (Å²) in [5.41, 5.74) is 0.931. The number of nitrogens with zero attached hydrogens (tertiary/aromatic N) is 1. The number of alkyl halides is 1. The zero-order chi connectivity index (χ0) is 17.0. The van der Waals surface area contributed by atoms with Crippen molar-refractivity contribution < 1.29 is 14.1 Å². The summed E-state index contributed by atoms with van der Waals surface area (Å²) in [6, 6.07) is 0. The average Bonchev–Trinajstić information content (AvgIpc) is 2.74. The number of carbonyl (C=O) groups excluding carboxylic acids is 1. The van der Waals surface area contributed by atoms with Gasteiger partial charge in [-0.3, -0.25) is 4.79 Å². The lowest BCUT2D eigenvalue weighted by molar-refractivity contribution is -0.143. The van der Waals surface area contributed by atoms with Gasteiger partial charge >= 0.3 is 5.97 Å². The summed E-state index contributed by atoms with van der Waals surface area (Å²) in [5.74, 6) is 0.269. The highest BCUT2D eigenvalue weighted by Gasteiger charge is 2.40. The van der Waals surface area contributed by atoms with Crippen LogP contribution in [0.15, 0.2) is 5.16 Å². The van der Waals surface area contributed by atoms with Gasteiger partial charge in [-0.2, -0.15) is 0 Å². The summed E-state index contributed by atoms with van der Waals surface area (Å²) in [4.78, 5) is 11.4. The Morgan fingerprint density at radius 1 is 1.41 bits per heavy atom. The summed E-state index contributed by atoms with van der Waals surface area (Å²) in [6.07, 6.45) is 2.95. The number of hydrogen-bond acceptors (Lipinski definition) is 4. The van der Waals surface area contributed by atoms with E-state index in [1.165, 1.54) is 0 Å². The number of halogens is 1. The smallest absolute Gasteiger partial charge is 0.305 e. The largest absolute Gasteiger partial charge is 0.466 e. The molecule has 0 heterocycles. The first-order valence-corrected chi connectivity index (χ1v) is 11.5. The molecule has 2 unspecified atom stereocenters. The Hall–Kier alpha value is -0.553. The maximum atomic E-state index is 11.4. The van der Waals surface area contributed by atoms with Gasteiger partial charge in [-0.15, -0.1) is 16.8 Å². The molecule has 1 rings (SSSR count). The molecule has 2 atom stereocenters. The minimum atomic E-state index is -1.89. The highest BCUT2D eigenvalue weighted by Crippen LogP contribution is 2.37. The fourth-order valence-corrected chi connectivity index (χ4v) is 3.12. The van der Waals surface area contributed by atoms with Crippen LogP contribution in [0.1, 0.15) is 53.4 Å². The Kier molecular flexibility index (Phi) is 6.93. The third-order valence-electron chi connectivity index (χ3n) is 4.66. The molecule has 0 aromatic carbocycles. The fourth-order valence-electron chi connectivity index (χ4n) is 2.11. The molecule has 1 aliphatic rings. The van der Waals surface area contributed by atoms with Crippen LogP contribution < -0.4 is 0 Å². The minimum Gasteiger partial charge on any atom is -0.466 e. The predicted molar refractivity (Wildman–Crippen MR) is 93.9 cm³/mol. The molecule has 6 heteroatoms. The van der Waals surface area contributed by atoms with E-state index in [0.717, 1.165) is 25.0 Å². The molecule has 0 aromatic heterocycles. The van der Waals surface area contributed by atoms with Gasteiger partial charge in [0.25, 0.3) is 8.32 Å². The van der Waals surface area contributed by atoms with E-state index in [1.807, 2.05) is 6.92 Å².